The lowest BCUT2D eigenvalue weighted by Gasteiger charge is -2.10. The number of aliphatic hydroxyl groups is 1. The SMILES string of the molecule is CCOC(=O)C1=C(O)/C(=C/c2cc(OC)c(OC)cc2Br)SC1=NC(=O)c1ccccc1C. The molecule has 0 saturated carbocycles. The van der Waals surface area contributed by atoms with Gasteiger partial charge < -0.3 is 19.3 Å². The average molecular weight is 532 g/mol. The summed E-state index contributed by atoms with van der Waals surface area (Å²) in [7, 11) is 3.05. The number of methoxy groups -OCH3 is 2. The van der Waals surface area contributed by atoms with Crippen molar-refractivity contribution in [3.63, 3.8) is 0 Å². The van der Waals surface area contributed by atoms with E-state index in [1.807, 2.05) is 6.07 Å². The molecule has 1 aliphatic rings. The molecule has 1 aliphatic heterocycles. The molecule has 33 heavy (non-hydrogen) atoms. The third-order valence-corrected chi connectivity index (χ3v) is 6.44. The predicted molar refractivity (Wildman–Crippen MR) is 132 cm³/mol. The highest BCUT2D eigenvalue weighted by atomic mass is 79.9. The number of benzene rings is 2. The minimum absolute atomic E-state index is 0.0713. The standard InChI is InChI=1S/C24H22BrNO6S/c1-5-32-24(29)20-21(27)19(11-14-10-17(30-3)18(31-4)12-16(14)25)33-23(20)26-22(28)15-9-7-6-8-13(15)2/h6-12,27H,5H2,1-4H3/b19-11-,26-23?. The Morgan fingerprint density at radius 3 is 2.45 bits per heavy atom. The number of nitrogens with zero attached hydrogens (tertiary/aromatic N) is 1. The van der Waals surface area contributed by atoms with Gasteiger partial charge in [-0.05, 0) is 49.2 Å². The predicted octanol–water partition coefficient (Wildman–Crippen LogP) is 5.48. The maximum absolute atomic E-state index is 12.8. The van der Waals surface area contributed by atoms with Gasteiger partial charge in [-0.2, -0.15) is 0 Å². The van der Waals surface area contributed by atoms with E-state index in [4.69, 9.17) is 14.2 Å². The molecule has 172 valence electrons. The van der Waals surface area contributed by atoms with E-state index in [1.165, 1.54) is 14.2 Å². The highest BCUT2D eigenvalue weighted by Gasteiger charge is 2.34. The zero-order chi connectivity index (χ0) is 24.1. The molecule has 0 saturated heterocycles. The number of carbonyl (C=O) groups is 2. The smallest absolute Gasteiger partial charge is 0.344 e. The van der Waals surface area contributed by atoms with Crippen molar-refractivity contribution in [1.82, 2.24) is 0 Å². The lowest BCUT2D eigenvalue weighted by Crippen LogP contribution is -2.14. The Hall–Kier alpha value is -3.04. The van der Waals surface area contributed by atoms with Gasteiger partial charge in [0.1, 0.15) is 16.4 Å². The summed E-state index contributed by atoms with van der Waals surface area (Å²) >= 11 is 4.49. The van der Waals surface area contributed by atoms with E-state index in [9.17, 15) is 14.7 Å². The first kappa shape index (κ1) is 24.6. The van der Waals surface area contributed by atoms with Crippen molar-refractivity contribution in [1.29, 1.82) is 0 Å². The summed E-state index contributed by atoms with van der Waals surface area (Å²) < 4.78 is 16.4. The van der Waals surface area contributed by atoms with Crippen LogP contribution in [-0.4, -0.2) is 42.9 Å². The molecule has 9 heteroatoms. The molecule has 2 aromatic rings. The first-order valence-electron chi connectivity index (χ1n) is 9.91. The van der Waals surface area contributed by atoms with Crippen LogP contribution in [0.5, 0.6) is 11.5 Å². The normalized spacial score (nSPS) is 15.8. The van der Waals surface area contributed by atoms with Gasteiger partial charge in [-0.1, -0.05) is 45.9 Å². The number of halogens is 1. The number of ether oxygens (including phenoxy) is 3. The molecule has 0 fully saturated rings. The Kier molecular flexibility index (Phi) is 7.99. The molecule has 0 bridgehead atoms. The van der Waals surface area contributed by atoms with Crippen LogP contribution in [0.15, 0.2) is 62.1 Å². The van der Waals surface area contributed by atoms with Crippen LogP contribution in [0.1, 0.15) is 28.4 Å². The van der Waals surface area contributed by atoms with Gasteiger partial charge in [0.15, 0.2) is 11.5 Å². The molecule has 0 unspecified atom stereocenters. The third kappa shape index (κ3) is 5.31. The van der Waals surface area contributed by atoms with Gasteiger partial charge in [-0.3, -0.25) is 4.79 Å². The minimum Gasteiger partial charge on any atom is -0.506 e. The van der Waals surface area contributed by atoms with Crippen LogP contribution in [0.4, 0.5) is 0 Å². The van der Waals surface area contributed by atoms with E-state index >= 15 is 0 Å². The molecule has 0 spiro atoms. The van der Waals surface area contributed by atoms with E-state index in [-0.39, 0.29) is 23.0 Å². The van der Waals surface area contributed by atoms with Crippen LogP contribution >= 0.6 is 27.7 Å². The summed E-state index contributed by atoms with van der Waals surface area (Å²) in [6.07, 6.45) is 1.66. The van der Waals surface area contributed by atoms with Gasteiger partial charge in [-0.25, -0.2) is 9.79 Å². The molecule has 0 aliphatic carbocycles. The molecule has 1 N–H and O–H groups in total. The Morgan fingerprint density at radius 2 is 1.82 bits per heavy atom. The summed E-state index contributed by atoms with van der Waals surface area (Å²) in [4.78, 5) is 29.9. The number of hydrogen-bond acceptors (Lipinski definition) is 7. The Morgan fingerprint density at radius 1 is 1.15 bits per heavy atom. The fourth-order valence-electron chi connectivity index (χ4n) is 3.08. The Labute approximate surface area is 204 Å². The summed E-state index contributed by atoms with van der Waals surface area (Å²) in [6.45, 7) is 3.57. The molecular formula is C24H22BrNO6S. The molecule has 3 rings (SSSR count). The third-order valence-electron chi connectivity index (χ3n) is 4.74. The van der Waals surface area contributed by atoms with Crippen molar-refractivity contribution in [2.45, 2.75) is 13.8 Å². The van der Waals surface area contributed by atoms with Crippen LogP contribution in [-0.2, 0) is 9.53 Å². The van der Waals surface area contributed by atoms with Gasteiger partial charge in [0.2, 0.25) is 0 Å². The first-order valence-corrected chi connectivity index (χ1v) is 11.5. The average Bonchev–Trinajstić information content (AvgIpc) is 3.09. The van der Waals surface area contributed by atoms with E-state index in [1.54, 1.807) is 50.3 Å². The van der Waals surface area contributed by atoms with Gasteiger partial charge in [0.05, 0.1) is 25.7 Å². The zero-order valence-electron chi connectivity index (χ0n) is 18.5. The second kappa shape index (κ2) is 10.7. The van der Waals surface area contributed by atoms with Crippen molar-refractivity contribution in [2.24, 2.45) is 4.99 Å². The van der Waals surface area contributed by atoms with E-state index in [2.05, 4.69) is 20.9 Å². The van der Waals surface area contributed by atoms with Gasteiger partial charge in [-0.15, -0.1) is 0 Å². The molecule has 2 aromatic carbocycles. The molecule has 0 aromatic heterocycles. The topological polar surface area (TPSA) is 94.4 Å². The number of aryl methyl sites for hydroxylation is 1. The van der Waals surface area contributed by atoms with Crippen LogP contribution in [0.3, 0.4) is 0 Å². The number of aliphatic imine (C=N–C) groups is 1. The van der Waals surface area contributed by atoms with Crippen molar-refractivity contribution < 1.29 is 28.9 Å². The molecule has 0 atom stereocenters. The fraction of sp³-hybridized carbons (Fsp3) is 0.208. The highest BCUT2D eigenvalue weighted by Crippen LogP contribution is 2.41. The maximum Gasteiger partial charge on any atom is 0.344 e. The Balaban J connectivity index is 2.08. The second-order valence-electron chi connectivity index (χ2n) is 6.82. The largest absolute Gasteiger partial charge is 0.506 e. The second-order valence-corrected chi connectivity index (χ2v) is 8.71. The highest BCUT2D eigenvalue weighted by molar-refractivity contribution is 9.10. The monoisotopic (exact) mass is 531 g/mol. The van der Waals surface area contributed by atoms with E-state index in [0.717, 1.165) is 17.3 Å². The number of aliphatic hydroxyl groups excluding tert-OH is 1. The summed E-state index contributed by atoms with van der Waals surface area (Å²) in [6, 6.07) is 10.5. The number of hydrogen-bond donors (Lipinski definition) is 1. The van der Waals surface area contributed by atoms with Crippen molar-refractivity contribution >= 4 is 50.7 Å². The molecule has 1 amide bonds. The number of amides is 1. The summed E-state index contributed by atoms with van der Waals surface area (Å²) in [5, 5.41) is 10.9. The minimum atomic E-state index is -0.756. The molecular weight excluding hydrogens is 510 g/mol. The zero-order valence-corrected chi connectivity index (χ0v) is 20.9. The lowest BCUT2D eigenvalue weighted by atomic mass is 10.1. The van der Waals surface area contributed by atoms with Crippen molar-refractivity contribution in [3.05, 3.63) is 73.8 Å². The van der Waals surface area contributed by atoms with Crippen molar-refractivity contribution in [3.8, 4) is 11.5 Å². The molecule has 0 radical (unpaired) electrons. The van der Waals surface area contributed by atoms with E-state index < -0.39 is 11.9 Å². The number of carbonyl (C=O) groups excluding carboxylic acids is 2. The van der Waals surface area contributed by atoms with Crippen LogP contribution in [0.2, 0.25) is 0 Å². The van der Waals surface area contributed by atoms with Crippen LogP contribution < -0.4 is 9.47 Å². The summed E-state index contributed by atoms with van der Waals surface area (Å²) in [5.41, 5.74) is 1.68. The van der Waals surface area contributed by atoms with Gasteiger partial charge >= 0.3 is 5.97 Å². The molecule has 7 nitrogen and oxygen atoms in total. The number of esters is 1. The maximum atomic E-state index is 12.8. The Bertz CT molecular complexity index is 1200. The number of thioether (sulfide) groups is 1. The quantitative estimate of drug-likeness (QED) is 0.493. The van der Waals surface area contributed by atoms with Crippen LogP contribution in [0.25, 0.3) is 6.08 Å². The van der Waals surface area contributed by atoms with Crippen LogP contribution in [0, 0.1) is 6.92 Å². The first-order chi connectivity index (χ1) is 15.8. The fourth-order valence-corrected chi connectivity index (χ4v) is 4.52. The summed E-state index contributed by atoms with van der Waals surface area (Å²) in [5.74, 6) is -0.555. The number of rotatable bonds is 6. The van der Waals surface area contributed by atoms with Crippen molar-refractivity contribution in [2.75, 3.05) is 20.8 Å². The van der Waals surface area contributed by atoms with Gasteiger partial charge in [0, 0.05) is 10.0 Å². The molecule has 1 heterocycles. The van der Waals surface area contributed by atoms with Gasteiger partial charge in [0.25, 0.3) is 5.91 Å². The van der Waals surface area contributed by atoms with E-state index in [0.29, 0.717) is 32.0 Å². The lowest BCUT2D eigenvalue weighted by molar-refractivity contribution is -0.138.